The van der Waals surface area contributed by atoms with Crippen molar-refractivity contribution >= 4 is 27.8 Å². The van der Waals surface area contributed by atoms with E-state index in [0.717, 1.165) is 29.4 Å². The number of rotatable bonds is 12. The Morgan fingerprint density at radius 1 is 1.19 bits per heavy atom. The van der Waals surface area contributed by atoms with Gasteiger partial charge >= 0.3 is 0 Å². The first kappa shape index (κ1) is 33.1. The minimum absolute atomic E-state index is 0.0494. The van der Waals surface area contributed by atoms with Crippen LogP contribution in [0.2, 0.25) is 0 Å². The van der Waals surface area contributed by atoms with Gasteiger partial charge in [-0.05, 0) is 76.3 Å². The van der Waals surface area contributed by atoms with E-state index in [2.05, 4.69) is 6.58 Å². The first-order valence-electron chi connectivity index (χ1n) is 14.8. The molecule has 3 nitrogen and oxygen atoms in total. The van der Waals surface area contributed by atoms with Crippen LogP contribution in [0.5, 0.6) is 0 Å². The lowest BCUT2D eigenvalue weighted by molar-refractivity contribution is -0.111. The number of carbonyl (C=O) groups excluding carboxylic acids is 1. The van der Waals surface area contributed by atoms with Crippen LogP contribution >= 0.6 is 0 Å². The molecule has 0 fully saturated rings. The number of Topliss-reactive ketones (excluding diaryl/α,β-unsaturated/α-hetero) is 1. The Balaban J connectivity index is 2.60. The Labute approximate surface area is 249 Å². The summed E-state index contributed by atoms with van der Waals surface area (Å²) in [6, 6.07) is 3.79. The van der Waals surface area contributed by atoms with Crippen LogP contribution in [-0.4, -0.2) is 21.6 Å². The molecular weight excluding hydrogens is 533 g/mol. The minimum atomic E-state index is -1.45. The number of alkyl halides is 1. The van der Waals surface area contributed by atoms with Gasteiger partial charge in [-0.25, -0.2) is 13.2 Å². The van der Waals surface area contributed by atoms with Crippen molar-refractivity contribution in [2.24, 2.45) is 5.73 Å². The van der Waals surface area contributed by atoms with Crippen molar-refractivity contribution in [1.29, 1.82) is 0 Å². The normalized spacial score (nSPS) is 20.0. The van der Waals surface area contributed by atoms with Gasteiger partial charge in [0.25, 0.3) is 0 Å². The fourth-order valence-corrected chi connectivity index (χ4v) is 5.91. The number of benzene rings is 1. The summed E-state index contributed by atoms with van der Waals surface area (Å²) in [6.45, 7) is 16.5. The quantitative estimate of drug-likeness (QED) is 0.201. The molecule has 42 heavy (non-hydrogen) atoms. The van der Waals surface area contributed by atoms with E-state index in [1.54, 1.807) is 26.8 Å². The number of nitrogens with zero attached hydrogens (tertiary/aromatic N) is 1. The molecule has 0 saturated carbocycles. The SMILES string of the molecule is C=C(c1c(/C(=C/C=C\CC)C(C)=O)c2c3c(ccc2n1CC(=C/C(F)=C\C)/C(F)=C\C)CC(C)(F)C3)C(C)(N)CCC. The number of aromatic nitrogens is 1. The number of carbonyl (C=O) groups is 1. The van der Waals surface area contributed by atoms with E-state index in [1.165, 1.54) is 25.2 Å². The zero-order valence-electron chi connectivity index (χ0n) is 26.1. The summed E-state index contributed by atoms with van der Waals surface area (Å²) in [5.41, 5.74) is 9.24. The number of allylic oxidation sites excluding steroid dienone is 10. The smallest absolute Gasteiger partial charge is 0.160 e. The second kappa shape index (κ2) is 13.3. The maximum Gasteiger partial charge on any atom is 0.160 e. The lowest BCUT2D eigenvalue weighted by Crippen LogP contribution is -2.38. The fraction of sp³-hybridized carbons (Fsp3) is 0.417. The molecule has 1 aliphatic carbocycles. The molecule has 0 aliphatic heterocycles. The van der Waals surface area contributed by atoms with Gasteiger partial charge in [0.05, 0.1) is 12.2 Å². The highest BCUT2D eigenvalue weighted by Crippen LogP contribution is 2.46. The van der Waals surface area contributed by atoms with Crippen molar-refractivity contribution in [2.45, 2.75) is 98.3 Å². The van der Waals surface area contributed by atoms with Crippen LogP contribution in [0, 0.1) is 0 Å². The second-order valence-electron chi connectivity index (χ2n) is 11.8. The first-order chi connectivity index (χ1) is 19.7. The van der Waals surface area contributed by atoms with Gasteiger partial charge < -0.3 is 10.3 Å². The van der Waals surface area contributed by atoms with Crippen LogP contribution in [0.15, 0.2) is 72.4 Å². The van der Waals surface area contributed by atoms with Gasteiger partial charge in [0, 0.05) is 46.0 Å². The predicted octanol–water partition coefficient (Wildman–Crippen LogP) is 9.61. The lowest BCUT2D eigenvalue weighted by Gasteiger charge is -2.29. The van der Waals surface area contributed by atoms with Crippen LogP contribution in [0.25, 0.3) is 22.0 Å². The van der Waals surface area contributed by atoms with Gasteiger partial charge in [-0.15, -0.1) is 0 Å². The molecule has 1 aromatic heterocycles. The molecule has 0 spiro atoms. The fourth-order valence-electron chi connectivity index (χ4n) is 5.91. The third-order valence-corrected chi connectivity index (χ3v) is 8.04. The Morgan fingerprint density at radius 3 is 2.45 bits per heavy atom. The van der Waals surface area contributed by atoms with Gasteiger partial charge in [0.1, 0.15) is 17.3 Å². The summed E-state index contributed by atoms with van der Waals surface area (Å²) < 4.78 is 47.3. The highest BCUT2D eigenvalue weighted by atomic mass is 19.1. The summed E-state index contributed by atoms with van der Waals surface area (Å²) in [6.07, 6.45) is 11.9. The highest BCUT2D eigenvalue weighted by molar-refractivity contribution is 6.25. The van der Waals surface area contributed by atoms with Crippen LogP contribution < -0.4 is 5.73 Å². The molecule has 1 heterocycles. The molecule has 6 heteroatoms. The highest BCUT2D eigenvalue weighted by Gasteiger charge is 2.38. The van der Waals surface area contributed by atoms with E-state index in [0.29, 0.717) is 34.3 Å². The second-order valence-corrected chi connectivity index (χ2v) is 11.8. The van der Waals surface area contributed by atoms with Gasteiger partial charge in [0.15, 0.2) is 5.78 Å². The number of fused-ring (bicyclic) bond motifs is 3. The average molecular weight is 579 g/mol. The maximum absolute atomic E-state index is 15.5. The third kappa shape index (κ3) is 6.81. The first-order valence-corrected chi connectivity index (χ1v) is 14.8. The van der Waals surface area contributed by atoms with E-state index in [-0.39, 0.29) is 30.7 Å². The number of ketones is 1. The van der Waals surface area contributed by atoms with Gasteiger partial charge in [-0.3, -0.25) is 4.79 Å². The monoisotopic (exact) mass is 578 g/mol. The molecular formula is C36H45F3N2O. The third-order valence-electron chi connectivity index (χ3n) is 8.04. The number of hydrogen-bond acceptors (Lipinski definition) is 2. The Kier molecular flexibility index (Phi) is 10.5. The van der Waals surface area contributed by atoms with Crippen molar-refractivity contribution in [3.05, 3.63) is 94.8 Å². The van der Waals surface area contributed by atoms with Crippen LogP contribution in [0.3, 0.4) is 0 Å². The van der Waals surface area contributed by atoms with Crippen LogP contribution in [0.4, 0.5) is 13.2 Å². The van der Waals surface area contributed by atoms with E-state index in [1.807, 2.05) is 49.6 Å². The molecule has 2 aromatic rings. The van der Waals surface area contributed by atoms with Crippen LogP contribution in [-0.2, 0) is 24.2 Å². The molecule has 0 amide bonds. The summed E-state index contributed by atoms with van der Waals surface area (Å²) in [4.78, 5) is 13.3. The molecule has 2 N–H and O–H groups in total. The molecule has 1 aromatic carbocycles. The summed E-state index contributed by atoms with van der Waals surface area (Å²) in [5.74, 6) is -1.31. The lowest BCUT2D eigenvalue weighted by atomic mass is 9.83. The largest absolute Gasteiger partial charge is 0.336 e. The van der Waals surface area contributed by atoms with Crippen molar-refractivity contribution in [3.63, 3.8) is 0 Å². The molecule has 1 aliphatic rings. The number of hydrogen-bond donors (Lipinski definition) is 1. The molecule has 3 rings (SSSR count). The molecule has 0 saturated heterocycles. The molecule has 2 atom stereocenters. The van der Waals surface area contributed by atoms with Crippen molar-refractivity contribution < 1.29 is 18.0 Å². The van der Waals surface area contributed by atoms with E-state index >= 15 is 8.78 Å². The van der Waals surface area contributed by atoms with E-state index in [9.17, 15) is 9.18 Å². The molecule has 0 bridgehead atoms. The summed E-state index contributed by atoms with van der Waals surface area (Å²) in [7, 11) is 0. The zero-order chi connectivity index (χ0) is 31.4. The Morgan fingerprint density at radius 2 is 1.88 bits per heavy atom. The Bertz CT molecular complexity index is 1530. The van der Waals surface area contributed by atoms with Gasteiger partial charge in [-0.2, -0.15) is 0 Å². The number of nitrogens with two attached hydrogens (primary N) is 1. The molecule has 226 valence electrons. The predicted molar refractivity (Wildman–Crippen MR) is 171 cm³/mol. The van der Waals surface area contributed by atoms with Gasteiger partial charge in [-0.1, -0.05) is 63.3 Å². The zero-order valence-corrected chi connectivity index (χ0v) is 26.1. The number of halogens is 3. The maximum atomic E-state index is 15.5. The van der Waals surface area contributed by atoms with Crippen molar-refractivity contribution in [1.82, 2.24) is 4.57 Å². The van der Waals surface area contributed by atoms with Crippen molar-refractivity contribution in [3.8, 4) is 0 Å². The average Bonchev–Trinajstić information content (AvgIpc) is 3.41. The summed E-state index contributed by atoms with van der Waals surface area (Å²) >= 11 is 0. The van der Waals surface area contributed by atoms with E-state index in [4.69, 9.17) is 5.73 Å². The molecule has 0 radical (unpaired) electrons. The Hall–Kier alpha value is -3.38. The van der Waals surface area contributed by atoms with Crippen molar-refractivity contribution in [2.75, 3.05) is 0 Å². The minimum Gasteiger partial charge on any atom is -0.336 e. The standard InChI is InChI=1S/C36H45F3N2O/c1-9-13-14-15-28(24(6)42)33-32-29-21-35(7,39)20-25(29)16-17-31(32)41(34(33)23(5)36(8,40)18-10-2)22-26(30(38)12-4)19-27(37)11-3/h11-17,19H,5,9-10,18,20-22,40H2,1-4,6-8H3/b14-13-,26-19-,27-11+,28-15+,30-12+. The topological polar surface area (TPSA) is 48.0 Å². The van der Waals surface area contributed by atoms with E-state index < -0.39 is 22.9 Å². The summed E-state index contributed by atoms with van der Waals surface area (Å²) in [5, 5.41) is 0.732. The van der Waals surface area contributed by atoms with Crippen LogP contribution in [0.1, 0.15) is 90.1 Å². The molecule has 2 unspecified atom stereocenters. The van der Waals surface area contributed by atoms with Gasteiger partial charge in [0.2, 0.25) is 0 Å².